The lowest BCUT2D eigenvalue weighted by molar-refractivity contribution is 0.0267. The van der Waals surface area contributed by atoms with E-state index in [9.17, 15) is 9.18 Å². The van der Waals surface area contributed by atoms with Gasteiger partial charge in [-0.1, -0.05) is 12.1 Å². The highest BCUT2D eigenvalue weighted by atomic mass is 19.1. The van der Waals surface area contributed by atoms with Crippen LogP contribution in [0.5, 0.6) is 0 Å². The van der Waals surface area contributed by atoms with Crippen LogP contribution in [0.2, 0.25) is 0 Å². The number of rotatable bonds is 3. The van der Waals surface area contributed by atoms with Crippen molar-refractivity contribution < 1.29 is 13.6 Å². The maximum Gasteiger partial charge on any atom is 0.289 e. The van der Waals surface area contributed by atoms with Gasteiger partial charge < -0.3 is 9.32 Å². The molecular weight excluding hydrogens is 295 g/mol. The van der Waals surface area contributed by atoms with Gasteiger partial charge in [-0.2, -0.15) is 0 Å². The lowest BCUT2D eigenvalue weighted by Crippen LogP contribution is -2.57. The summed E-state index contributed by atoms with van der Waals surface area (Å²) in [5.41, 5.74) is 1.08. The van der Waals surface area contributed by atoms with Crippen LogP contribution in [-0.4, -0.2) is 40.9 Å². The second-order valence-electron chi connectivity index (χ2n) is 6.19. The van der Waals surface area contributed by atoms with E-state index in [2.05, 4.69) is 11.8 Å². The van der Waals surface area contributed by atoms with E-state index < -0.39 is 0 Å². The number of hydrogen-bond acceptors (Lipinski definition) is 3. The van der Waals surface area contributed by atoms with Gasteiger partial charge in [-0.05, 0) is 43.7 Å². The topological polar surface area (TPSA) is 36.7 Å². The fourth-order valence-electron chi connectivity index (χ4n) is 3.07. The molecule has 2 heterocycles. The predicted molar refractivity (Wildman–Crippen MR) is 85.5 cm³/mol. The number of carbonyl (C=O) groups is 1. The SMILES string of the molecule is C[C@@H]1CN(Cc2ccc(F)cc2)[C@@H](C)CN1C(=O)c1ccco1. The molecule has 2 aromatic rings. The van der Waals surface area contributed by atoms with Crippen LogP contribution >= 0.6 is 0 Å². The third kappa shape index (κ3) is 3.45. The van der Waals surface area contributed by atoms with Crippen molar-refractivity contribution in [2.45, 2.75) is 32.5 Å². The molecule has 5 heteroatoms. The molecule has 23 heavy (non-hydrogen) atoms. The van der Waals surface area contributed by atoms with E-state index in [-0.39, 0.29) is 23.8 Å². The van der Waals surface area contributed by atoms with Gasteiger partial charge >= 0.3 is 0 Å². The van der Waals surface area contributed by atoms with Crippen molar-refractivity contribution in [2.75, 3.05) is 13.1 Å². The Hall–Kier alpha value is -2.14. The van der Waals surface area contributed by atoms with Crippen molar-refractivity contribution in [3.8, 4) is 0 Å². The molecule has 3 rings (SSSR count). The smallest absolute Gasteiger partial charge is 0.289 e. The van der Waals surface area contributed by atoms with Gasteiger partial charge in [-0.3, -0.25) is 9.69 Å². The molecule has 4 nitrogen and oxygen atoms in total. The van der Waals surface area contributed by atoms with E-state index >= 15 is 0 Å². The van der Waals surface area contributed by atoms with Gasteiger partial charge in [0.2, 0.25) is 0 Å². The summed E-state index contributed by atoms with van der Waals surface area (Å²) in [6, 6.07) is 10.4. The number of furan rings is 1. The molecule has 1 fully saturated rings. The highest BCUT2D eigenvalue weighted by molar-refractivity contribution is 5.91. The Morgan fingerprint density at radius 3 is 2.57 bits per heavy atom. The second-order valence-corrected chi connectivity index (χ2v) is 6.19. The van der Waals surface area contributed by atoms with Crippen LogP contribution in [0.1, 0.15) is 30.0 Å². The van der Waals surface area contributed by atoms with E-state index in [1.54, 1.807) is 12.1 Å². The number of carbonyl (C=O) groups excluding carboxylic acids is 1. The molecule has 0 saturated carbocycles. The fraction of sp³-hybridized carbons (Fsp3) is 0.389. The fourth-order valence-corrected chi connectivity index (χ4v) is 3.07. The molecule has 1 aliphatic heterocycles. The summed E-state index contributed by atoms with van der Waals surface area (Å²) in [4.78, 5) is 16.7. The third-order valence-corrected chi connectivity index (χ3v) is 4.41. The van der Waals surface area contributed by atoms with Crippen molar-refractivity contribution in [1.82, 2.24) is 9.80 Å². The van der Waals surface area contributed by atoms with Crippen molar-refractivity contribution in [3.05, 3.63) is 59.8 Å². The Morgan fingerprint density at radius 2 is 1.91 bits per heavy atom. The molecular formula is C18H21FN2O2. The number of hydrogen-bond donors (Lipinski definition) is 0. The number of halogens is 1. The van der Waals surface area contributed by atoms with Crippen LogP contribution in [0.4, 0.5) is 4.39 Å². The van der Waals surface area contributed by atoms with Crippen LogP contribution in [0, 0.1) is 5.82 Å². The third-order valence-electron chi connectivity index (χ3n) is 4.41. The van der Waals surface area contributed by atoms with E-state index in [1.165, 1.54) is 18.4 Å². The summed E-state index contributed by atoms with van der Waals surface area (Å²) in [5.74, 6) is 0.107. The van der Waals surface area contributed by atoms with Gasteiger partial charge in [0, 0.05) is 31.7 Å². The van der Waals surface area contributed by atoms with Crippen LogP contribution in [0.25, 0.3) is 0 Å². The quantitative estimate of drug-likeness (QED) is 0.873. The zero-order valence-corrected chi connectivity index (χ0v) is 13.4. The lowest BCUT2D eigenvalue weighted by Gasteiger charge is -2.43. The van der Waals surface area contributed by atoms with E-state index in [0.717, 1.165) is 18.7 Å². The molecule has 0 radical (unpaired) electrons. The normalized spacial score (nSPS) is 22.3. The zero-order valence-electron chi connectivity index (χ0n) is 13.4. The first-order chi connectivity index (χ1) is 11.0. The minimum Gasteiger partial charge on any atom is -0.459 e. The molecule has 122 valence electrons. The van der Waals surface area contributed by atoms with Crippen LogP contribution in [0.3, 0.4) is 0 Å². The van der Waals surface area contributed by atoms with Crippen molar-refractivity contribution in [3.63, 3.8) is 0 Å². The number of amides is 1. The summed E-state index contributed by atoms with van der Waals surface area (Å²) >= 11 is 0. The molecule has 0 bridgehead atoms. The summed E-state index contributed by atoms with van der Waals surface area (Å²) in [7, 11) is 0. The molecule has 1 aliphatic rings. The summed E-state index contributed by atoms with van der Waals surface area (Å²) in [5, 5.41) is 0. The van der Waals surface area contributed by atoms with Gasteiger partial charge in [0.05, 0.1) is 6.26 Å². The summed E-state index contributed by atoms with van der Waals surface area (Å²) in [6.45, 7) is 6.35. The van der Waals surface area contributed by atoms with Gasteiger partial charge in [-0.15, -0.1) is 0 Å². The molecule has 0 unspecified atom stereocenters. The minimum absolute atomic E-state index is 0.0595. The number of piperazine rings is 1. The molecule has 1 saturated heterocycles. The largest absolute Gasteiger partial charge is 0.459 e. The summed E-state index contributed by atoms with van der Waals surface area (Å²) in [6.07, 6.45) is 1.52. The molecule has 0 aliphatic carbocycles. The maximum absolute atomic E-state index is 13.0. The van der Waals surface area contributed by atoms with Gasteiger partial charge in [0.1, 0.15) is 5.82 Å². The van der Waals surface area contributed by atoms with E-state index in [1.807, 2.05) is 24.0 Å². The summed E-state index contributed by atoms with van der Waals surface area (Å²) < 4.78 is 18.2. The Labute approximate surface area is 135 Å². The van der Waals surface area contributed by atoms with E-state index in [4.69, 9.17) is 4.42 Å². The van der Waals surface area contributed by atoms with Crippen molar-refractivity contribution in [2.24, 2.45) is 0 Å². The lowest BCUT2D eigenvalue weighted by atomic mass is 10.1. The molecule has 2 atom stereocenters. The number of benzene rings is 1. The van der Waals surface area contributed by atoms with Gasteiger partial charge in [-0.25, -0.2) is 4.39 Å². The standard InChI is InChI=1S/C18H21FN2O2/c1-13-11-21(18(22)17-4-3-9-23-17)14(2)10-20(13)12-15-5-7-16(19)8-6-15/h3-9,13-14H,10-12H2,1-2H3/t13-,14+/m0/s1. The Bertz CT molecular complexity index is 654. The Balaban J connectivity index is 1.67. The van der Waals surface area contributed by atoms with Gasteiger partial charge in [0.15, 0.2) is 5.76 Å². The maximum atomic E-state index is 13.0. The Kier molecular flexibility index (Phi) is 4.48. The predicted octanol–water partition coefficient (Wildman–Crippen LogP) is 3.15. The highest BCUT2D eigenvalue weighted by Crippen LogP contribution is 2.20. The monoisotopic (exact) mass is 316 g/mol. The first kappa shape index (κ1) is 15.7. The first-order valence-electron chi connectivity index (χ1n) is 7.87. The van der Waals surface area contributed by atoms with Crippen molar-refractivity contribution in [1.29, 1.82) is 0 Å². The van der Waals surface area contributed by atoms with E-state index in [0.29, 0.717) is 12.3 Å². The molecule has 1 aromatic heterocycles. The first-order valence-corrected chi connectivity index (χ1v) is 7.87. The van der Waals surface area contributed by atoms with Crippen LogP contribution in [-0.2, 0) is 6.54 Å². The zero-order chi connectivity index (χ0) is 16.4. The Morgan fingerprint density at radius 1 is 1.17 bits per heavy atom. The average Bonchev–Trinajstić information content (AvgIpc) is 3.06. The molecule has 1 amide bonds. The highest BCUT2D eigenvalue weighted by Gasteiger charge is 2.33. The molecule has 1 aromatic carbocycles. The number of nitrogens with zero attached hydrogens (tertiary/aromatic N) is 2. The van der Waals surface area contributed by atoms with Gasteiger partial charge in [0.25, 0.3) is 5.91 Å². The molecule has 0 N–H and O–H groups in total. The van der Waals surface area contributed by atoms with Crippen molar-refractivity contribution >= 4 is 5.91 Å². The minimum atomic E-state index is -0.218. The average molecular weight is 316 g/mol. The second kappa shape index (κ2) is 6.54. The molecule has 0 spiro atoms. The van der Waals surface area contributed by atoms with Crippen LogP contribution in [0.15, 0.2) is 47.1 Å². The van der Waals surface area contributed by atoms with Crippen LogP contribution < -0.4 is 0 Å².